The van der Waals surface area contributed by atoms with Crippen molar-refractivity contribution in [1.29, 1.82) is 0 Å². The molecular formula is C15H20N4. The van der Waals surface area contributed by atoms with Gasteiger partial charge < -0.3 is 9.88 Å². The van der Waals surface area contributed by atoms with Crippen molar-refractivity contribution in [2.45, 2.75) is 13.0 Å². The molecular weight excluding hydrogens is 236 g/mol. The van der Waals surface area contributed by atoms with E-state index in [2.05, 4.69) is 57.0 Å². The molecule has 0 aliphatic carbocycles. The number of benzene rings is 1. The van der Waals surface area contributed by atoms with Gasteiger partial charge in [0.05, 0.1) is 0 Å². The van der Waals surface area contributed by atoms with Gasteiger partial charge in [0, 0.05) is 44.6 Å². The number of H-pyrrole nitrogens is 1. The first kappa shape index (κ1) is 12.2. The first-order valence-electron chi connectivity index (χ1n) is 6.88. The number of anilines is 1. The summed E-state index contributed by atoms with van der Waals surface area (Å²) in [7, 11) is 0. The highest BCUT2D eigenvalue weighted by molar-refractivity contribution is 5.30. The van der Waals surface area contributed by atoms with Crippen LogP contribution in [0.2, 0.25) is 0 Å². The van der Waals surface area contributed by atoms with Crippen LogP contribution in [-0.4, -0.2) is 41.0 Å². The minimum Gasteiger partial charge on any atom is -0.340 e. The van der Waals surface area contributed by atoms with E-state index in [0.717, 1.165) is 32.1 Å². The summed E-state index contributed by atoms with van der Waals surface area (Å²) in [6.45, 7) is 6.51. The molecule has 0 radical (unpaired) electrons. The first-order valence-corrected chi connectivity index (χ1v) is 6.88. The fourth-order valence-corrected chi connectivity index (χ4v) is 2.69. The predicted octanol–water partition coefficient (Wildman–Crippen LogP) is 2.29. The third-order valence-corrected chi connectivity index (χ3v) is 3.93. The monoisotopic (exact) mass is 256 g/mol. The van der Waals surface area contributed by atoms with Crippen LogP contribution in [0.5, 0.6) is 0 Å². The molecule has 100 valence electrons. The van der Waals surface area contributed by atoms with Gasteiger partial charge in [-0.05, 0) is 12.5 Å². The zero-order valence-corrected chi connectivity index (χ0v) is 11.3. The Bertz CT molecular complexity index is 486. The van der Waals surface area contributed by atoms with Gasteiger partial charge in [-0.15, -0.1) is 0 Å². The Hall–Kier alpha value is -1.81. The van der Waals surface area contributed by atoms with Crippen molar-refractivity contribution in [2.75, 3.05) is 31.1 Å². The zero-order chi connectivity index (χ0) is 13.1. The molecule has 0 unspecified atom stereocenters. The van der Waals surface area contributed by atoms with Crippen LogP contribution in [0.15, 0.2) is 42.7 Å². The van der Waals surface area contributed by atoms with Gasteiger partial charge in [-0.3, -0.25) is 4.90 Å². The summed E-state index contributed by atoms with van der Waals surface area (Å²) < 4.78 is 0. The maximum absolute atomic E-state index is 4.32. The van der Waals surface area contributed by atoms with E-state index in [1.165, 1.54) is 5.56 Å². The molecule has 1 saturated heterocycles. The maximum atomic E-state index is 4.32. The minimum atomic E-state index is 0.486. The molecule has 1 aliphatic heterocycles. The Balaban J connectivity index is 1.61. The van der Waals surface area contributed by atoms with Gasteiger partial charge in [-0.25, -0.2) is 4.98 Å². The van der Waals surface area contributed by atoms with E-state index in [0.29, 0.717) is 6.04 Å². The lowest BCUT2D eigenvalue weighted by atomic mass is 10.1. The van der Waals surface area contributed by atoms with Gasteiger partial charge in [0.25, 0.3) is 0 Å². The fraction of sp³-hybridized carbons (Fsp3) is 0.400. The van der Waals surface area contributed by atoms with E-state index in [4.69, 9.17) is 0 Å². The highest BCUT2D eigenvalue weighted by atomic mass is 15.3. The smallest absolute Gasteiger partial charge is 0.202 e. The highest BCUT2D eigenvalue weighted by Crippen LogP contribution is 2.22. The van der Waals surface area contributed by atoms with Crippen molar-refractivity contribution < 1.29 is 0 Å². The first-order chi connectivity index (χ1) is 9.34. The Morgan fingerprint density at radius 3 is 2.47 bits per heavy atom. The quantitative estimate of drug-likeness (QED) is 0.915. The molecule has 1 aliphatic rings. The van der Waals surface area contributed by atoms with Crippen molar-refractivity contribution in [1.82, 2.24) is 14.9 Å². The molecule has 1 aromatic heterocycles. The molecule has 0 amide bonds. The highest BCUT2D eigenvalue weighted by Gasteiger charge is 2.22. The molecule has 19 heavy (non-hydrogen) atoms. The third-order valence-electron chi connectivity index (χ3n) is 3.93. The second kappa shape index (κ2) is 5.45. The molecule has 1 aromatic carbocycles. The topological polar surface area (TPSA) is 35.2 Å². The van der Waals surface area contributed by atoms with E-state index in [9.17, 15) is 0 Å². The second-order valence-electron chi connectivity index (χ2n) is 5.02. The number of nitrogens with one attached hydrogen (secondary N) is 1. The molecule has 4 heteroatoms. The number of hydrogen-bond donors (Lipinski definition) is 1. The van der Waals surface area contributed by atoms with E-state index >= 15 is 0 Å². The van der Waals surface area contributed by atoms with E-state index < -0.39 is 0 Å². The van der Waals surface area contributed by atoms with Gasteiger partial charge in [-0.2, -0.15) is 0 Å². The van der Waals surface area contributed by atoms with Gasteiger partial charge in [-0.1, -0.05) is 30.3 Å². The van der Waals surface area contributed by atoms with Crippen LogP contribution in [0.1, 0.15) is 18.5 Å². The van der Waals surface area contributed by atoms with Gasteiger partial charge in [0.1, 0.15) is 0 Å². The standard InChI is InChI=1S/C15H20N4/c1-13(14-5-3-2-4-6-14)18-9-11-19(12-10-18)15-16-7-8-17-15/h2-8,13H,9-12H2,1H3,(H,16,17)/t13-/m0/s1. The van der Waals surface area contributed by atoms with Crippen LogP contribution in [-0.2, 0) is 0 Å². The van der Waals surface area contributed by atoms with Crippen molar-refractivity contribution in [3.63, 3.8) is 0 Å². The van der Waals surface area contributed by atoms with Gasteiger partial charge in [0.15, 0.2) is 0 Å². The number of hydrogen-bond acceptors (Lipinski definition) is 3. The predicted molar refractivity (Wildman–Crippen MR) is 77.2 cm³/mol. The number of nitrogens with zero attached hydrogens (tertiary/aromatic N) is 3. The largest absolute Gasteiger partial charge is 0.340 e. The number of imidazole rings is 1. The van der Waals surface area contributed by atoms with Crippen LogP contribution >= 0.6 is 0 Å². The summed E-state index contributed by atoms with van der Waals surface area (Å²) in [5.74, 6) is 0.993. The lowest BCUT2D eigenvalue weighted by Crippen LogP contribution is -2.47. The molecule has 0 bridgehead atoms. The summed E-state index contributed by atoms with van der Waals surface area (Å²) in [5, 5.41) is 0. The molecule has 4 nitrogen and oxygen atoms in total. The minimum absolute atomic E-state index is 0.486. The van der Waals surface area contributed by atoms with Crippen molar-refractivity contribution in [3.05, 3.63) is 48.3 Å². The summed E-state index contributed by atoms with van der Waals surface area (Å²) in [6, 6.07) is 11.2. The summed E-state index contributed by atoms with van der Waals surface area (Å²) in [5.41, 5.74) is 1.40. The van der Waals surface area contributed by atoms with Crippen molar-refractivity contribution in [2.24, 2.45) is 0 Å². The normalized spacial score (nSPS) is 18.5. The average Bonchev–Trinajstić information content (AvgIpc) is 3.02. The number of rotatable bonds is 3. The van der Waals surface area contributed by atoms with Crippen LogP contribution in [0.25, 0.3) is 0 Å². The van der Waals surface area contributed by atoms with Crippen molar-refractivity contribution in [3.8, 4) is 0 Å². The second-order valence-corrected chi connectivity index (χ2v) is 5.02. The molecule has 2 heterocycles. The van der Waals surface area contributed by atoms with Crippen molar-refractivity contribution >= 4 is 5.95 Å². The van der Waals surface area contributed by atoms with Crippen LogP contribution < -0.4 is 4.90 Å². The molecule has 1 N–H and O–H groups in total. The number of aromatic nitrogens is 2. The molecule has 1 atom stereocenters. The molecule has 1 fully saturated rings. The zero-order valence-electron chi connectivity index (χ0n) is 11.3. The Morgan fingerprint density at radius 1 is 1.11 bits per heavy atom. The SMILES string of the molecule is C[C@@H](c1ccccc1)N1CCN(c2ncc[nH]2)CC1. The summed E-state index contributed by atoms with van der Waals surface area (Å²) in [6.07, 6.45) is 3.70. The van der Waals surface area contributed by atoms with Gasteiger partial charge in [0.2, 0.25) is 5.95 Å². The van der Waals surface area contributed by atoms with Crippen LogP contribution in [0, 0.1) is 0 Å². The Morgan fingerprint density at radius 2 is 1.84 bits per heavy atom. The molecule has 0 spiro atoms. The Labute approximate surface area is 114 Å². The lowest BCUT2D eigenvalue weighted by Gasteiger charge is -2.38. The lowest BCUT2D eigenvalue weighted by molar-refractivity contribution is 0.198. The van der Waals surface area contributed by atoms with E-state index in [1.54, 1.807) is 0 Å². The summed E-state index contributed by atoms with van der Waals surface area (Å²) in [4.78, 5) is 12.3. The maximum Gasteiger partial charge on any atom is 0.202 e. The van der Waals surface area contributed by atoms with Crippen LogP contribution in [0.3, 0.4) is 0 Å². The Kier molecular flexibility index (Phi) is 3.51. The number of aromatic amines is 1. The molecule has 3 rings (SSSR count). The van der Waals surface area contributed by atoms with E-state index in [-0.39, 0.29) is 0 Å². The average molecular weight is 256 g/mol. The van der Waals surface area contributed by atoms with E-state index in [1.807, 2.05) is 12.4 Å². The van der Waals surface area contributed by atoms with Gasteiger partial charge >= 0.3 is 0 Å². The molecule has 0 saturated carbocycles. The third kappa shape index (κ3) is 2.63. The molecule has 2 aromatic rings. The van der Waals surface area contributed by atoms with Crippen LogP contribution in [0.4, 0.5) is 5.95 Å². The number of piperazine rings is 1. The fourth-order valence-electron chi connectivity index (χ4n) is 2.69. The summed E-state index contributed by atoms with van der Waals surface area (Å²) >= 11 is 0.